The summed E-state index contributed by atoms with van der Waals surface area (Å²) in [5.74, 6) is 0. The molecular formula is C12H15NO. The molecule has 0 aromatic carbocycles. The van der Waals surface area contributed by atoms with Gasteiger partial charge in [-0.1, -0.05) is 0 Å². The van der Waals surface area contributed by atoms with E-state index in [1.165, 1.54) is 36.8 Å². The van der Waals surface area contributed by atoms with Gasteiger partial charge in [0.1, 0.15) is 0 Å². The summed E-state index contributed by atoms with van der Waals surface area (Å²) in [6, 6.07) is 2.18. The number of aromatic nitrogens is 1. The Kier molecular flexibility index (Phi) is 1.84. The zero-order chi connectivity index (χ0) is 9.43. The third-order valence-electron chi connectivity index (χ3n) is 3.81. The first-order valence-corrected chi connectivity index (χ1v) is 5.42. The highest BCUT2D eigenvalue weighted by Crippen LogP contribution is 2.45. The lowest BCUT2D eigenvalue weighted by Gasteiger charge is -2.34. The second kappa shape index (κ2) is 3.06. The van der Waals surface area contributed by atoms with E-state index in [2.05, 4.69) is 17.2 Å². The fourth-order valence-electron chi connectivity index (χ4n) is 2.91. The molecule has 2 heterocycles. The van der Waals surface area contributed by atoms with Crippen molar-refractivity contribution in [3.05, 3.63) is 29.6 Å². The van der Waals surface area contributed by atoms with Crippen LogP contribution in [0.15, 0.2) is 18.5 Å². The maximum absolute atomic E-state index is 5.45. The molecule has 1 spiro atoms. The van der Waals surface area contributed by atoms with Crippen LogP contribution in [0.3, 0.4) is 0 Å². The van der Waals surface area contributed by atoms with Gasteiger partial charge in [0.25, 0.3) is 0 Å². The van der Waals surface area contributed by atoms with Crippen LogP contribution in [0.2, 0.25) is 0 Å². The summed E-state index contributed by atoms with van der Waals surface area (Å²) in [6.07, 6.45) is 8.90. The van der Waals surface area contributed by atoms with Gasteiger partial charge in [-0.3, -0.25) is 4.98 Å². The molecule has 2 nitrogen and oxygen atoms in total. The summed E-state index contributed by atoms with van der Waals surface area (Å²) in [4.78, 5) is 4.27. The number of hydrogen-bond acceptors (Lipinski definition) is 2. The van der Waals surface area contributed by atoms with Gasteiger partial charge in [0, 0.05) is 31.0 Å². The van der Waals surface area contributed by atoms with E-state index >= 15 is 0 Å². The first-order chi connectivity index (χ1) is 6.91. The minimum atomic E-state index is 0.418. The summed E-state index contributed by atoms with van der Waals surface area (Å²) in [7, 11) is 0. The maximum atomic E-state index is 5.45. The lowest BCUT2D eigenvalue weighted by molar-refractivity contribution is 0.0505. The fourth-order valence-corrected chi connectivity index (χ4v) is 2.91. The van der Waals surface area contributed by atoms with Crippen molar-refractivity contribution in [1.29, 1.82) is 0 Å². The van der Waals surface area contributed by atoms with Crippen LogP contribution in [0.25, 0.3) is 0 Å². The van der Waals surface area contributed by atoms with E-state index in [4.69, 9.17) is 4.74 Å². The van der Waals surface area contributed by atoms with Crippen LogP contribution in [-0.4, -0.2) is 18.2 Å². The van der Waals surface area contributed by atoms with Gasteiger partial charge in [0.05, 0.1) is 0 Å². The molecule has 2 aliphatic rings. The maximum Gasteiger partial charge on any atom is 0.0474 e. The highest BCUT2D eigenvalue weighted by molar-refractivity contribution is 5.37. The third kappa shape index (κ3) is 1.10. The third-order valence-corrected chi connectivity index (χ3v) is 3.81. The minimum Gasteiger partial charge on any atom is -0.381 e. The number of hydrogen-bond donors (Lipinski definition) is 0. The van der Waals surface area contributed by atoms with Gasteiger partial charge in [0.2, 0.25) is 0 Å². The molecule has 1 aliphatic carbocycles. The van der Waals surface area contributed by atoms with Gasteiger partial charge in [0.15, 0.2) is 0 Å². The van der Waals surface area contributed by atoms with E-state index < -0.39 is 0 Å². The van der Waals surface area contributed by atoms with E-state index in [0.717, 1.165) is 13.2 Å². The van der Waals surface area contributed by atoms with Crippen LogP contribution >= 0.6 is 0 Å². The van der Waals surface area contributed by atoms with Crippen molar-refractivity contribution in [1.82, 2.24) is 4.98 Å². The first kappa shape index (κ1) is 8.42. The molecular weight excluding hydrogens is 174 g/mol. The zero-order valence-electron chi connectivity index (χ0n) is 8.33. The molecule has 3 rings (SSSR count). The molecule has 0 unspecified atom stereocenters. The number of pyridine rings is 1. The van der Waals surface area contributed by atoms with Gasteiger partial charge >= 0.3 is 0 Å². The quantitative estimate of drug-likeness (QED) is 0.623. The number of ether oxygens (including phenoxy) is 1. The van der Waals surface area contributed by atoms with E-state index in [1.54, 1.807) is 0 Å². The van der Waals surface area contributed by atoms with Gasteiger partial charge in [-0.15, -0.1) is 0 Å². The lowest BCUT2D eigenvalue weighted by atomic mass is 9.76. The SMILES string of the molecule is c1cc2c(cn1)C1(CCOCC1)CC2. The molecule has 0 amide bonds. The molecule has 0 radical (unpaired) electrons. The Hall–Kier alpha value is -0.890. The van der Waals surface area contributed by atoms with E-state index in [9.17, 15) is 0 Å². The Morgan fingerprint density at radius 3 is 2.93 bits per heavy atom. The van der Waals surface area contributed by atoms with Crippen molar-refractivity contribution in [3.63, 3.8) is 0 Å². The topological polar surface area (TPSA) is 22.1 Å². The Balaban J connectivity index is 2.03. The molecule has 1 aromatic rings. The average Bonchev–Trinajstić information content (AvgIpc) is 2.60. The summed E-state index contributed by atoms with van der Waals surface area (Å²) in [5, 5.41) is 0. The molecule has 2 heteroatoms. The predicted molar refractivity (Wildman–Crippen MR) is 54.3 cm³/mol. The van der Waals surface area contributed by atoms with Crippen LogP contribution < -0.4 is 0 Å². The normalized spacial score (nSPS) is 23.7. The van der Waals surface area contributed by atoms with Gasteiger partial charge < -0.3 is 4.74 Å². The van der Waals surface area contributed by atoms with Crippen LogP contribution in [0, 0.1) is 0 Å². The lowest BCUT2D eigenvalue weighted by Crippen LogP contribution is -2.31. The predicted octanol–water partition coefficient (Wildman–Crippen LogP) is 2.08. The van der Waals surface area contributed by atoms with Crippen molar-refractivity contribution in [3.8, 4) is 0 Å². The number of nitrogens with zero attached hydrogens (tertiary/aromatic N) is 1. The Labute approximate surface area is 84.3 Å². The van der Waals surface area contributed by atoms with Crippen LogP contribution in [0.5, 0.6) is 0 Å². The monoisotopic (exact) mass is 189 g/mol. The van der Waals surface area contributed by atoms with Crippen molar-refractivity contribution in [2.75, 3.05) is 13.2 Å². The Bertz CT molecular complexity index is 336. The second-order valence-corrected chi connectivity index (χ2v) is 4.43. The fraction of sp³-hybridized carbons (Fsp3) is 0.583. The number of rotatable bonds is 0. The Morgan fingerprint density at radius 2 is 2.07 bits per heavy atom. The molecule has 14 heavy (non-hydrogen) atoms. The van der Waals surface area contributed by atoms with Crippen LogP contribution in [0.4, 0.5) is 0 Å². The van der Waals surface area contributed by atoms with Gasteiger partial charge in [-0.25, -0.2) is 0 Å². The zero-order valence-corrected chi connectivity index (χ0v) is 8.33. The number of fused-ring (bicyclic) bond motifs is 2. The molecule has 1 aromatic heterocycles. The van der Waals surface area contributed by atoms with Crippen LogP contribution in [0.1, 0.15) is 30.4 Å². The summed E-state index contributed by atoms with van der Waals surface area (Å²) in [6.45, 7) is 1.85. The Morgan fingerprint density at radius 1 is 1.21 bits per heavy atom. The second-order valence-electron chi connectivity index (χ2n) is 4.43. The van der Waals surface area contributed by atoms with Crippen molar-refractivity contribution in [2.24, 2.45) is 0 Å². The molecule has 0 N–H and O–H groups in total. The van der Waals surface area contributed by atoms with Crippen molar-refractivity contribution < 1.29 is 4.74 Å². The number of aryl methyl sites for hydroxylation is 1. The summed E-state index contributed by atoms with van der Waals surface area (Å²) < 4.78 is 5.45. The van der Waals surface area contributed by atoms with E-state index in [1.807, 2.05) is 6.20 Å². The largest absolute Gasteiger partial charge is 0.381 e. The first-order valence-electron chi connectivity index (χ1n) is 5.42. The van der Waals surface area contributed by atoms with Crippen molar-refractivity contribution >= 4 is 0 Å². The van der Waals surface area contributed by atoms with Gasteiger partial charge in [-0.2, -0.15) is 0 Å². The van der Waals surface area contributed by atoms with E-state index in [0.29, 0.717) is 5.41 Å². The summed E-state index contributed by atoms with van der Waals surface area (Å²) in [5.41, 5.74) is 3.44. The molecule has 0 atom stereocenters. The average molecular weight is 189 g/mol. The highest BCUT2D eigenvalue weighted by atomic mass is 16.5. The smallest absolute Gasteiger partial charge is 0.0474 e. The summed E-state index contributed by atoms with van der Waals surface area (Å²) >= 11 is 0. The van der Waals surface area contributed by atoms with E-state index in [-0.39, 0.29) is 0 Å². The van der Waals surface area contributed by atoms with Crippen LogP contribution in [-0.2, 0) is 16.6 Å². The van der Waals surface area contributed by atoms with Gasteiger partial charge in [-0.05, 0) is 42.9 Å². The molecule has 1 aliphatic heterocycles. The molecule has 0 bridgehead atoms. The minimum absolute atomic E-state index is 0.418. The molecule has 1 saturated heterocycles. The highest BCUT2D eigenvalue weighted by Gasteiger charge is 2.39. The molecule has 0 saturated carbocycles. The molecule has 1 fully saturated rings. The standard InChI is InChI=1S/C12H15NO/c1-3-12(4-7-14-8-5-12)11-9-13-6-2-10(1)11/h2,6,9H,1,3-5,7-8H2. The molecule has 74 valence electrons. The van der Waals surface area contributed by atoms with Crippen molar-refractivity contribution in [2.45, 2.75) is 31.1 Å².